The Balaban J connectivity index is 1.43. The summed E-state index contributed by atoms with van der Waals surface area (Å²) in [5, 5.41) is 2.62. The summed E-state index contributed by atoms with van der Waals surface area (Å²) in [7, 11) is 1.35. The number of hydrogen-bond acceptors (Lipinski definition) is 8. The largest absolute Gasteiger partial charge is 0.466 e. The van der Waals surface area contributed by atoms with E-state index in [0.717, 1.165) is 11.3 Å². The number of allylic oxidation sites excluding steroid dienone is 1. The van der Waals surface area contributed by atoms with Gasteiger partial charge < -0.3 is 24.2 Å². The lowest BCUT2D eigenvalue weighted by molar-refractivity contribution is -0.138. The van der Waals surface area contributed by atoms with Gasteiger partial charge in [0.05, 0.1) is 30.8 Å². The number of aliphatic imine (C=N–C) groups is 1. The Morgan fingerprint density at radius 2 is 1.67 bits per heavy atom. The van der Waals surface area contributed by atoms with Gasteiger partial charge >= 0.3 is 5.97 Å². The molecule has 202 valence electrons. The number of hydrogen-bond donors (Lipinski definition) is 0. The minimum Gasteiger partial charge on any atom is -0.466 e. The van der Waals surface area contributed by atoms with Gasteiger partial charge in [-0.3, -0.25) is 9.59 Å². The molecule has 1 unspecified atom stereocenters. The number of amides is 2. The van der Waals surface area contributed by atoms with Crippen molar-refractivity contribution in [1.29, 1.82) is 0 Å². The molecule has 3 heterocycles. The van der Waals surface area contributed by atoms with Crippen molar-refractivity contribution in [3.8, 4) is 11.5 Å². The Morgan fingerprint density at radius 3 is 2.36 bits per heavy atom. The van der Waals surface area contributed by atoms with Gasteiger partial charge in [0.2, 0.25) is 11.8 Å². The predicted molar refractivity (Wildman–Crippen MR) is 149 cm³/mol. The second-order valence-corrected chi connectivity index (χ2v) is 10.3. The Labute approximate surface area is 231 Å². The van der Waals surface area contributed by atoms with Gasteiger partial charge in [0.25, 0.3) is 0 Å². The Hall–Kier alpha value is -4.05. The fourth-order valence-electron chi connectivity index (χ4n) is 4.97. The molecular weight excluding hydrogens is 516 g/mol. The van der Waals surface area contributed by atoms with Gasteiger partial charge in [-0.15, -0.1) is 0 Å². The number of nitrogens with zero attached hydrogens (tertiary/aromatic N) is 4. The smallest absolute Gasteiger partial charge is 0.338 e. The molecule has 0 radical (unpaired) electrons. The molecule has 3 aliphatic heterocycles. The molecule has 1 atom stereocenters. The van der Waals surface area contributed by atoms with Crippen molar-refractivity contribution in [1.82, 2.24) is 14.7 Å². The van der Waals surface area contributed by atoms with E-state index < -0.39 is 12.0 Å². The molecule has 3 aliphatic rings. The second-order valence-electron chi connectivity index (χ2n) is 9.44. The number of rotatable bonds is 6. The first-order valence-electron chi connectivity index (χ1n) is 12.7. The summed E-state index contributed by atoms with van der Waals surface area (Å²) >= 11 is 1.43. The number of para-hydroxylation sites is 1. The van der Waals surface area contributed by atoms with Crippen LogP contribution < -0.4 is 4.74 Å². The third kappa shape index (κ3) is 5.56. The molecule has 5 rings (SSSR count). The molecule has 0 N–H and O–H groups in total. The van der Waals surface area contributed by atoms with Gasteiger partial charge in [-0.2, -0.15) is 0 Å². The van der Waals surface area contributed by atoms with Crippen LogP contribution in [0.3, 0.4) is 0 Å². The Bertz CT molecular complexity index is 1380. The van der Waals surface area contributed by atoms with Crippen molar-refractivity contribution in [3.05, 3.63) is 82.5 Å². The number of fused-ring (bicyclic) bond motifs is 1. The predicted octanol–water partition coefficient (Wildman–Crippen LogP) is 4.31. The number of benzene rings is 2. The fraction of sp³-hybridized carbons (Fsp3) is 0.310. The molecule has 0 spiro atoms. The van der Waals surface area contributed by atoms with Crippen molar-refractivity contribution < 1.29 is 23.9 Å². The molecule has 2 amide bonds. The molecule has 2 aromatic carbocycles. The molecule has 2 aromatic rings. The third-order valence-electron chi connectivity index (χ3n) is 6.97. The van der Waals surface area contributed by atoms with E-state index in [1.807, 2.05) is 64.9 Å². The number of methoxy groups -OCH3 is 1. The van der Waals surface area contributed by atoms with Gasteiger partial charge in [0.15, 0.2) is 5.17 Å². The summed E-state index contributed by atoms with van der Waals surface area (Å²) in [4.78, 5) is 48.2. The highest BCUT2D eigenvalue weighted by Gasteiger charge is 2.41. The zero-order valence-corrected chi connectivity index (χ0v) is 22.9. The van der Waals surface area contributed by atoms with Crippen LogP contribution in [0.2, 0.25) is 0 Å². The monoisotopic (exact) mass is 546 g/mol. The minimum absolute atomic E-state index is 0.0185. The Kier molecular flexibility index (Phi) is 7.74. The van der Waals surface area contributed by atoms with Gasteiger partial charge in [0.1, 0.15) is 11.5 Å². The highest BCUT2D eigenvalue weighted by molar-refractivity contribution is 8.16. The van der Waals surface area contributed by atoms with Crippen LogP contribution in [0.15, 0.2) is 82.0 Å². The highest BCUT2D eigenvalue weighted by Crippen LogP contribution is 2.45. The minimum atomic E-state index is -0.548. The topological polar surface area (TPSA) is 91.8 Å². The lowest BCUT2D eigenvalue weighted by atomic mass is 9.93. The van der Waals surface area contributed by atoms with Crippen molar-refractivity contribution in [2.24, 2.45) is 4.99 Å². The summed E-state index contributed by atoms with van der Waals surface area (Å²) in [5.74, 6) is 0.842. The summed E-state index contributed by atoms with van der Waals surface area (Å²) in [6, 6.07) is 16.5. The number of amidine groups is 1. The van der Waals surface area contributed by atoms with Crippen LogP contribution in [0.1, 0.15) is 31.9 Å². The van der Waals surface area contributed by atoms with Gasteiger partial charge in [-0.25, -0.2) is 9.79 Å². The van der Waals surface area contributed by atoms with Crippen LogP contribution in [0.5, 0.6) is 11.5 Å². The number of thioether (sulfide) groups is 1. The van der Waals surface area contributed by atoms with Gasteiger partial charge in [-0.1, -0.05) is 42.1 Å². The zero-order valence-electron chi connectivity index (χ0n) is 22.1. The SMILES string of the molecule is COC(=O)C1=C(C)N=C2SC=C(CC(=O)N3CCN(C(C)=O)CC3)N2C1c1cccc(Oc2ccccc2)c1. The van der Waals surface area contributed by atoms with Crippen LogP contribution in [0, 0.1) is 0 Å². The summed E-state index contributed by atoms with van der Waals surface area (Å²) in [6.45, 7) is 5.38. The average molecular weight is 547 g/mol. The van der Waals surface area contributed by atoms with Crippen LogP contribution in [0.25, 0.3) is 0 Å². The summed E-state index contributed by atoms with van der Waals surface area (Å²) in [6.07, 6.45) is 0.149. The van der Waals surface area contributed by atoms with E-state index >= 15 is 0 Å². The maximum atomic E-state index is 13.3. The molecule has 39 heavy (non-hydrogen) atoms. The van der Waals surface area contributed by atoms with E-state index in [0.29, 0.717) is 54.1 Å². The van der Waals surface area contributed by atoms with Crippen LogP contribution in [-0.4, -0.2) is 70.9 Å². The van der Waals surface area contributed by atoms with Crippen LogP contribution in [-0.2, 0) is 19.1 Å². The molecule has 1 saturated heterocycles. The molecule has 0 saturated carbocycles. The molecule has 10 heteroatoms. The Morgan fingerprint density at radius 1 is 0.974 bits per heavy atom. The molecular formula is C29H30N4O5S. The van der Waals surface area contributed by atoms with E-state index in [1.54, 1.807) is 23.6 Å². The van der Waals surface area contributed by atoms with Crippen molar-refractivity contribution in [2.75, 3.05) is 33.3 Å². The van der Waals surface area contributed by atoms with Crippen LogP contribution >= 0.6 is 11.8 Å². The molecule has 1 fully saturated rings. The van der Waals surface area contributed by atoms with Gasteiger partial charge in [-0.05, 0) is 42.2 Å². The molecule has 0 aromatic heterocycles. The maximum absolute atomic E-state index is 13.3. The van der Waals surface area contributed by atoms with E-state index in [1.165, 1.54) is 18.9 Å². The normalized spacial score (nSPS) is 18.8. The van der Waals surface area contributed by atoms with E-state index in [9.17, 15) is 14.4 Å². The fourth-order valence-corrected chi connectivity index (χ4v) is 5.93. The van der Waals surface area contributed by atoms with E-state index in [-0.39, 0.29) is 18.2 Å². The van der Waals surface area contributed by atoms with Gasteiger partial charge in [0, 0.05) is 38.8 Å². The number of piperazine rings is 1. The zero-order chi connectivity index (χ0) is 27.5. The van der Waals surface area contributed by atoms with Crippen molar-refractivity contribution >= 4 is 34.7 Å². The highest BCUT2D eigenvalue weighted by atomic mass is 32.2. The first-order chi connectivity index (χ1) is 18.9. The third-order valence-corrected chi connectivity index (χ3v) is 7.86. The first kappa shape index (κ1) is 26.6. The standard InChI is InChI=1S/C29H30N4O5S/c1-19-26(28(36)37-3)27(21-8-7-11-24(16-21)38-23-9-5-4-6-10-23)33-22(18-39-29(33)30-19)17-25(35)32-14-12-31(13-15-32)20(2)34/h4-11,16,18,27H,12-15,17H2,1-3H3. The molecule has 9 nitrogen and oxygen atoms in total. The average Bonchev–Trinajstić information content (AvgIpc) is 3.34. The van der Waals surface area contributed by atoms with E-state index in [4.69, 9.17) is 14.5 Å². The maximum Gasteiger partial charge on any atom is 0.338 e. The summed E-state index contributed by atoms with van der Waals surface area (Å²) in [5.41, 5.74) is 2.55. The first-order valence-corrected chi connectivity index (χ1v) is 13.6. The summed E-state index contributed by atoms with van der Waals surface area (Å²) < 4.78 is 11.2. The number of carbonyl (C=O) groups is 3. The quantitative estimate of drug-likeness (QED) is 0.499. The number of ether oxygens (including phenoxy) is 2. The lowest BCUT2D eigenvalue weighted by Gasteiger charge is -2.37. The number of carbonyl (C=O) groups excluding carboxylic acids is 3. The van der Waals surface area contributed by atoms with Crippen molar-refractivity contribution in [3.63, 3.8) is 0 Å². The molecule has 0 bridgehead atoms. The molecule has 0 aliphatic carbocycles. The lowest BCUT2D eigenvalue weighted by Crippen LogP contribution is -2.50. The van der Waals surface area contributed by atoms with E-state index in [2.05, 4.69) is 0 Å². The second kappa shape index (κ2) is 11.4. The number of esters is 1. The van der Waals surface area contributed by atoms with Crippen LogP contribution in [0.4, 0.5) is 0 Å². The van der Waals surface area contributed by atoms with Crippen molar-refractivity contribution in [2.45, 2.75) is 26.3 Å².